The number of hydrogen-bond donors (Lipinski definition) is 1. The Balaban J connectivity index is 2.11. The summed E-state index contributed by atoms with van der Waals surface area (Å²) in [6, 6.07) is 4.80. The fourth-order valence-corrected chi connectivity index (χ4v) is 3.52. The summed E-state index contributed by atoms with van der Waals surface area (Å²) in [5.41, 5.74) is -0.921. The Morgan fingerprint density at radius 1 is 1.15 bits per heavy atom. The van der Waals surface area contributed by atoms with E-state index in [-0.39, 0.29) is 24.8 Å². The first-order chi connectivity index (χ1) is 11.9. The van der Waals surface area contributed by atoms with Crippen molar-refractivity contribution in [2.45, 2.75) is 39.8 Å². The number of alkyl halides is 3. The van der Waals surface area contributed by atoms with Crippen LogP contribution in [0.25, 0.3) is 0 Å². The van der Waals surface area contributed by atoms with Gasteiger partial charge in [-0.2, -0.15) is 13.2 Å². The molecule has 1 saturated heterocycles. The van der Waals surface area contributed by atoms with Gasteiger partial charge >= 0.3 is 12.1 Å². The van der Waals surface area contributed by atoms with Crippen molar-refractivity contribution in [3.8, 4) is 0 Å². The van der Waals surface area contributed by atoms with Crippen LogP contribution in [0.15, 0.2) is 24.3 Å². The van der Waals surface area contributed by atoms with E-state index in [9.17, 15) is 27.9 Å². The number of carboxylic acids is 1. The molecular formula is C19H24F3NO3. The summed E-state index contributed by atoms with van der Waals surface area (Å²) < 4.78 is 38.0. The van der Waals surface area contributed by atoms with Crippen molar-refractivity contribution in [1.29, 1.82) is 0 Å². The number of rotatable bonds is 4. The number of carbonyl (C=O) groups excluding carboxylic acids is 1. The molecule has 0 bridgehead atoms. The molecule has 0 aromatic heterocycles. The lowest BCUT2D eigenvalue weighted by molar-refractivity contribution is -0.150. The molecule has 26 heavy (non-hydrogen) atoms. The van der Waals surface area contributed by atoms with Crippen LogP contribution < -0.4 is 0 Å². The van der Waals surface area contributed by atoms with Gasteiger partial charge in [-0.25, -0.2) is 0 Å². The third kappa shape index (κ3) is 4.77. The second kappa shape index (κ2) is 7.29. The van der Waals surface area contributed by atoms with Gasteiger partial charge in [0, 0.05) is 18.5 Å². The molecule has 1 fully saturated rings. The summed E-state index contributed by atoms with van der Waals surface area (Å²) in [5.74, 6) is -1.56. The van der Waals surface area contributed by atoms with Crippen LogP contribution in [0.5, 0.6) is 0 Å². The predicted molar refractivity (Wildman–Crippen MR) is 90.4 cm³/mol. The van der Waals surface area contributed by atoms with E-state index in [0.29, 0.717) is 18.5 Å². The first-order valence-electron chi connectivity index (χ1n) is 8.58. The molecule has 1 aromatic rings. The maximum Gasteiger partial charge on any atom is 0.416 e. The second-order valence-corrected chi connectivity index (χ2v) is 7.84. The minimum Gasteiger partial charge on any atom is -0.481 e. The van der Waals surface area contributed by atoms with Crippen molar-refractivity contribution in [2.24, 2.45) is 17.3 Å². The Bertz CT molecular complexity index is 668. The molecule has 2 rings (SSSR count). The first-order valence-corrected chi connectivity index (χ1v) is 8.58. The van der Waals surface area contributed by atoms with Gasteiger partial charge < -0.3 is 10.0 Å². The van der Waals surface area contributed by atoms with Crippen LogP contribution in [0, 0.1) is 17.3 Å². The molecule has 0 aliphatic carbocycles. The average Bonchev–Trinajstić information content (AvgIpc) is 2.52. The molecule has 0 saturated carbocycles. The van der Waals surface area contributed by atoms with Gasteiger partial charge in [0.15, 0.2) is 0 Å². The highest BCUT2D eigenvalue weighted by molar-refractivity contribution is 5.83. The standard InChI is InChI=1S/C19H24F3NO3/c1-12-8-14(16(24)25)11-23(10-12)17(26)18(2,3)9-13-4-6-15(7-5-13)19(20,21)22/h4-7,12,14H,8-11H2,1-3H3,(H,24,25). The molecule has 1 N–H and O–H groups in total. The first kappa shape index (κ1) is 20.3. The molecule has 1 aliphatic heterocycles. The van der Waals surface area contributed by atoms with Crippen molar-refractivity contribution in [1.82, 2.24) is 4.90 Å². The highest BCUT2D eigenvalue weighted by atomic mass is 19.4. The number of benzene rings is 1. The largest absolute Gasteiger partial charge is 0.481 e. The molecule has 0 spiro atoms. The van der Waals surface area contributed by atoms with E-state index in [4.69, 9.17) is 0 Å². The van der Waals surface area contributed by atoms with E-state index in [1.165, 1.54) is 12.1 Å². The Hall–Kier alpha value is -2.05. The monoisotopic (exact) mass is 371 g/mol. The number of carboxylic acid groups (broad SMARTS) is 1. The quantitative estimate of drug-likeness (QED) is 0.875. The summed E-state index contributed by atoms with van der Waals surface area (Å²) in [6.45, 7) is 6.07. The van der Waals surface area contributed by atoms with Gasteiger partial charge in [0.1, 0.15) is 0 Å². The summed E-state index contributed by atoms with van der Waals surface area (Å²) in [4.78, 5) is 25.8. The van der Waals surface area contributed by atoms with E-state index in [0.717, 1.165) is 12.1 Å². The molecule has 7 heteroatoms. The smallest absolute Gasteiger partial charge is 0.416 e. The van der Waals surface area contributed by atoms with Gasteiger partial charge in [-0.05, 0) is 36.5 Å². The number of hydrogen-bond acceptors (Lipinski definition) is 2. The Morgan fingerprint density at radius 3 is 2.23 bits per heavy atom. The molecule has 2 unspecified atom stereocenters. The van der Waals surface area contributed by atoms with Gasteiger partial charge in [0.25, 0.3) is 0 Å². The van der Waals surface area contributed by atoms with Gasteiger partial charge in [0.2, 0.25) is 5.91 Å². The third-order valence-corrected chi connectivity index (χ3v) is 4.80. The van der Waals surface area contributed by atoms with Crippen molar-refractivity contribution in [3.05, 3.63) is 35.4 Å². The normalized spacial score (nSPS) is 21.5. The molecule has 1 heterocycles. The zero-order chi connectivity index (χ0) is 19.7. The lowest BCUT2D eigenvalue weighted by Crippen LogP contribution is -2.50. The van der Waals surface area contributed by atoms with Crippen molar-refractivity contribution in [3.63, 3.8) is 0 Å². The van der Waals surface area contributed by atoms with Crippen LogP contribution >= 0.6 is 0 Å². The molecule has 1 aromatic carbocycles. The SMILES string of the molecule is CC1CC(C(=O)O)CN(C(=O)C(C)(C)Cc2ccc(C(F)(F)F)cc2)C1. The van der Waals surface area contributed by atoms with Crippen molar-refractivity contribution in [2.75, 3.05) is 13.1 Å². The predicted octanol–water partition coefficient (Wildman–Crippen LogP) is 3.84. The highest BCUT2D eigenvalue weighted by Crippen LogP contribution is 2.32. The minimum absolute atomic E-state index is 0.0932. The second-order valence-electron chi connectivity index (χ2n) is 7.84. The van der Waals surface area contributed by atoms with Crippen LogP contribution in [0.1, 0.15) is 38.3 Å². The Kier molecular flexibility index (Phi) is 5.68. The van der Waals surface area contributed by atoms with Crippen molar-refractivity contribution >= 4 is 11.9 Å². The average molecular weight is 371 g/mol. The summed E-state index contributed by atoms with van der Waals surface area (Å²) in [6.07, 6.45) is -3.56. The summed E-state index contributed by atoms with van der Waals surface area (Å²) in [5, 5.41) is 9.26. The van der Waals surface area contributed by atoms with Crippen LogP contribution in [-0.4, -0.2) is 35.0 Å². The van der Waals surface area contributed by atoms with E-state index in [2.05, 4.69) is 0 Å². The van der Waals surface area contributed by atoms with E-state index >= 15 is 0 Å². The topological polar surface area (TPSA) is 57.6 Å². The highest BCUT2D eigenvalue weighted by Gasteiger charge is 2.38. The molecule has 144 valence electrons. The summed E-state index contributed by atoms with van der Waals surface area (Å²) >= 11 is 0. The van der Waals surface area contributed by atoms with Gasteiger partial charge in [0.05, 0.1) is 11.5 Å². The zero-order valence-corrected chi connectivity index (χ0v) is 15.1. The van der Waals surface area contributed by atoms with Crippen LogP contribution in [0.2, 0.25) is 0 Å². The van der Waals surface area contributed by atoms with Gasteiger partial charge in [-0.3, -0.25) is 9.59 Å². The summed E-state index contributed by atoms with van der Waals surface area (Å²) in [7, 11) is 0. The number of piperidine rings is 1. The van der Waals surface area contributed by atoms with E-state index < -0.39 is 29.0 Å². The maximum atomic E-state index is 12.9. The number of nitrogens with zero attached hydrogens (tertiary/aromatic N) is 1. The van der Waals surface area contributed by atoms with E-state index in [1.807, 2.05) is 6.92 Å². The molecule has 0 radical (unpaired) electrons. The van der Waals surface area contributed by atoms with E-state index in [1.54, 1.807) is 18.7 Å². The molecule has 2 atom stereocenters. The number of carbonyl (C=O) groups is 2. The van der Waals surface area contributed by atoms with Crippen LogP contribution in [0.3, 0.4) is 0 Å². The van der Waals surface area contributed by atoms with Crippen LogP contribution in [-0.2, 0) is 22.2 Å². The fraction of sp³-hybridized carbons (Fsp3) is 0.579. The van der Waals surface area contributed by atoms with Crippen molar-refractivity contribution < 1.29 is 27.9 Å². The lowest BCUT2D eigenvalue weighted by atomic mass is 9.82. The molecular weight excluding hydrogens is 347 g/mol. The Labute approximate surface area is 151 Å². The number of halogens is 3. The molecule has 1 amide bonds. The zero-order valence-electron chi connectivity index (χ0n) is 15.1. The van der Waals surface area contributed by atoms with Crippen LogP contribution in [0.4, 0.5) is 13.2 Å². The lowest BCUT2D eigenvalue weighted by Gasteiger charge is -2.39. The van der Waals surface area contributed by atoms with Gasteiger partial charge in [-0.15, -0.1) is 0 Å². The maximum absolute atomic E-state index is 12.9. The minimum atomic E-state index is -4.39. The fourth-order valence-electron chi connectivity index (χ4n) is 3.52. The number of likely N-dealkylation sites (tertiary alicyclic amines) is 1. The third-order valence-electron chi connectivity index (χ3n) is 4.80. The molecule has 4 nitrogen and oxygen atoms in total. The Morgan fingerprint density at radius 2 is 1.73 bits per heavy atom. The van der Waals surface area contributed by atoms with Gasteiger partial charge in [-0.1, -0.05) is 32.9 Å². The molecule has 1 aliphatic rings. The number of aliphatic carboxylic acids is 1. The number of amides is 1.